The van der Waals surface area contributed by atoms with Gasteiger partial charge < -0.3 is 10.2 Å². The van der Waals surface area contributed by atoms with Gasteiger partial charge in [0.25, 0.3) is 5.22 Å². The maximum absolute atomic E-state index is 7.11. The molecule has 0 aliphatic carbocycles. The second-order valence-corrected chi connectivity index (χ2v) is 4.30. The van der Waals surface area contributed by atoms with E-state index in [1.807, 2.05) is 13.8 Å². The van der Waals surface area contributed by atoms with Gasteiger partial charge in [-0.3, -0.25) is 5.41 Å². The molecule has 72 valence electrons. The number of rotatable bonds is 4. The van der Waals surface area contributed by atoms with Gasteiger partial charge in [0.05, 0.1) is 11.5 Å². The number of hydrogen-bond donors (Lipinski definition) is 2. The summed E-state index contributed by atoms with van der Waals surface area (Å²) < 4.78 is 5.16. The average Bonchev–Trinajstić information content (AvgIpc) is 2.33. The number of thioether (sulfide) groups is 1. The quantitative estimate of drug-likeness (QED) is 0.440. The Morgan fingerprint density at radius 1 is 1.85 bits per heavy atom. The molecule has 5 heteroatoms. The van der Waals surface area contributed by atoms with E-state index < -0.39 is 0 Å². The minimum absolute atomic E-state index is 0.197. The lowest BCUT2D eigenvalue weighted by atomic mass is 10.3. The summed E-state index contributed by atoms with van der Waals surface area (Å²) in [5.74, 6) is 0.197. The molecular weight excluding hydrogens is 186 g/mol. The van der Waals surface area contributed by atoms with Crippen molar-refractivity contribution in [3.8, 4) is 0 Å². The average molecular weight is 199 g/mol. The van der Waals surface area contributed by atoms with Crippen molar-refractivity contribution in [2.24, 2.45) is 5.73 Å². The van der Waals surface area contributed by atoms with Gasteiger partial charge in [-0.05, 0) is 6.92 Å². The molecule has 0 aromatic carbocycles. The van der Waals surface area contributed by atoms with Crippen LogP contribution in [-0.2, 0) is 0 Å². The van der Waals surface area contributed by atoms with Gasteiger partial charge in [-0.15, -0.1) is 0 Å². The molecule has 1 atom stereocenters. The summed E-state index contributed by atoms with van der Waals surface area (Å²) >= 11 is 1.49. The molecule has 0 saturated heterocycles. The minimum Gasteiger partial charge on any atom is -0.440 e. The SMILES string of the molecule is Cc1coc(SC(C)CC(=N)N)n1. The molecule has 0 aliphatic heterocycles. The molecule has 4 nitrogen and oxygen atoms in total. The molecule has 0 aliphatic rings. The molecule has 1 rings (SSSR count). The van der Waals surface area contributed by atoms with Crippen LogP contribution in [0.25, 0.3) is 0 Å². The maximum Gasteiger partial charge on any atom is 0.256 e. The van der Waals surface area contributed by atoms with Gasteiger partial charge in [0, 0.05) is 11.7 Å². The first-order valence-corrected chi connectivity index (χ1v) is 4.87. The third-order valence-electron chi connectivity index (χ3n) is 1.41. The summed E-state index contributed by atoms with van der Waals surface area (Å²) in [6.45, 7) is 3.87. The van der Waals surface area contributed by atoms with Crippen molar-refractivity contribution in [3.63, 3.8) is 0 Å². The van der Waals surface area contributed by atoms with Crippen LogP contribution < -0.4 is 5.73 Å². The van der Waals surface area contributed by atoms with E-state index in [-0.39, 0.29) is 11.1 Å². The fraction of sp³-hybridized carbons (Fsp3) is 0.500. The largest absolute Gasteiger partial charge is 0.440 e. The molecule has 13 heavy (non-hydrogen) atoms. The van der Waals surface area contributed by atoms with Crippen LogP contribution in [0.2, 0.25) is 0 Å². The van der Waals surface area contributed by atoms with E-state index in [1.165, 1.54) is 11.8 Å². The number of nitrogens with one attached hydrogen (secondary N) is 1. The molecule has 1 aromatic rings. The van der Waals surface area contributed by atoms with E-state index in [1.54, 1.807) is 6.26 Å². The lowest BCUT2D eigenvalue weighted by Gasteiger charge is -2.05. The summed E-state index contributed by atoms with van der Waals surface area (Å²) in [7, 11) is 0. The second-order valence-electron chi connectivity index (χ2n) is 2.91. The Kier molecular flexibility index (Phi) is 3.36. The summed E-state index contributed by atoms with van der Waals surface area (Å²) in [5, 5.41) is 7.99. The molecule has 1 unspecified atom stereocenters. The van der Waals surface area contributed by atoms with Crippen molar-refractivity contribution in [1.82, 2.24) is 4.98 Å². The molecule has 1 heterocycles. The normalized spacial score (nSPS) is 12.8. The predicted molar refractivity (Wildman–Crippen MR) is 53.1 cm³/mol. The van der Waals surface area contributed by atoms with Crippen molar-refractivity contribution in [3.05, 3.63) is 12.0 Å². The van der Waals surface area contributed by atoms with Crippen molar-refractivity contribution >= 4 is 17.6 Å². The summed E-state index contributed by atoms with van der Waals surface area (Å²) in [5.41, 5.74) is 6.14. The van der Waals surface area contributed by atoms with Crippen molar-refractivity contribution in [2.45, 2.75) is 30.7 Å². The fourth-order valence-corrected chi connectivity index (χ4v) is 1.82. The zero-order chi connectivity index (χ0) is 9.84. The van der Waals surface area contributed by atoms with Gasteiger partial charge in [-0.2, -0.15) is 0 Å². The van der Waals surface area contributed by atoms with E-state index in [4.69, 9.17) is 15.6 Å². The van der Waals surface area contributed by atoms with Crippen LogP contribution in [0.15, 0.2) is 15.9 Å². The van der Waals surface area contributed by atoms with Gasteiger partial charge in [0.2, 0.25) is 0 Å². The van der Waals surface area contributed by atoms with Gasteiger partial charge >= 0.3 is 0 Å². The zero-order valence-electron chi connectivity index (χ0n) is 7.70. The molecule has 1 aromatic heterocycles. The highest BCUT2D eigenvalue weighted by atomic mass is 32.2. The zero-order valence-corrected chi connectivity index (χ0v) is 8.52. The summed E-state index contributed by atoms with van der Waals surface area (Å²) in [6.07, 6.45) is 2.18. The molecular formula is C8H13N3OS. The first-order chi connectivity index (χ1) is 6.08. The van der Waals surface area contributed by atoms with E-state index in [0.29, 0.717) is 11.6 Å². The lowest BCUT2D eigenvalue weighted by molar-refractivity contribution is 0.453. The van der Waals surface area contributed by atoms with Crippen molar-refractivity contribution in [1.29, 1.82) is 5.41 Å². The molecule has 0 spiro atoms. The Labute approximate surface area is 81.4 Å². The summed E-state index contributed by atoms with van der Waals surface area (Å²) in [4.78, 5) is 4.14. The summed E-state index contributed by atoms with van der Waals surface area (Å²) in [6, 6.07) is 0. The van der Waals surface area contributed by atoms with E-state index in [2.05, 4.69) is 4.98 Å². The van der Waals surface area contributed by atoms with Crippen LogP contribution in [0.4, 0.5) is 0 Å². The number of aryl methyl sites for hydroxylation is 1. The highest BCUT2D eigenvalue weighted by Crippen LogP contribution is 2.23. The Morgan fingerprint density at radius 3 is 3.00 bits per heavy atom. The molecule has 0 radical (unpaired) electrons. The van der Waals surface area contributed by atoms with Crippen LogP contribution in [-0.4, -0.2) is 16.1 Å². The second kappa shape index (κ2) is 4.32. The van der Waals surface area contributed by atoms with Crippen molar-refractivity contribution in [2.75, 3.05) is 0 Å². The first kappa shape index (κ1) is 10.1. The number of aromatic nitrogens is 1. The fourth-order valence-electron chi connectivity index (χ4n) is 0.910. The topological polar surface area (TPSA) is 75.9 Å². The Hall–Kier alpha value is -0.970. The van der Waals surface area contributed by atoms with Gasteiger partial charge in [0.15, 0.2) is 0 Å². The van der Waals surface area contributed by atoms with Crippen LogP contribution >= 0.6 is 11.8 Å². The van der Waals surface area contributed by atoms with E-state index >= 15 is 0 Å². The van der Waals surface area contributed by atoms with Gasteiger partial charge in [0.1, 0.15) is 6.26 Å². The lowest BCUT2D eigenvalue weighted by Crippen LogP contribution is -2.14. The van der Waals surface area contributed by atoms with E-state index in [9.17, 15) is 0 Å². The Balaban J connectivity index is 2.44. The minimum atomic E-state index is 0.197. The van der Waals surface area contributed by atoms with Crippen LogP contribution in [0, 0.1) is 12.3 Å². The Morgan fingerprint density at radius 2 is 2.54 bits per heavy atom. The van der Waals surface area contributed by atoms with Gasteiger partial charge in [-0.25, -0.2) is 4.98 Å². The highest BCUT2D eigenvalue weighted by Gasteiger charge is 2.09. The smallest absolute Gasteiger partial charge is 0.256 e. The number of nitrogens with two attached hydrogens (primary N) is 1. The first-order valence-electron chi connectivity index (χ1n) is 3.99. The predicted octanol–water partition coefficient (Wildman–Crippen LogP) is 1.79. The molecule has 0 saturated carbocycles. The van der Waals surface area contributed by atoms with Gasteiger partial charge in [-0.1, -0.05) is 18.7 Å². The monoisotopic (exact) mass is 199 g/mol. The van der Waals surface area contributed by atoms with Crippen LogP contribution in [0.3, 0.4) is 0 Å². The van der Waals surface area contributed by atoms with Crippen LogP contribution in [0.5, 0.6) is 0 Å². The third kappa shape index (κ3) is 3.50. The molecule has 0 amide bonds. The highest BCUT2D eigenvalue weighted by molar-refractivity contribution is 7.99. The Bertz CT molecular complexity index is 297. The molecule has 0 bridgehead atoms. The maximum atomic E-state index is 7.11. The van der Waals surface area contributed by atoms with Crippen molar-refractivity contribution < 1.29 is 4.42 Å². The number of hydrogen-bond acceptors (Lipinski definition) is 4. The standard InChI is InChI=1S/C8H13N3OS/c1-5-4-12-8(11-5)13-6(2)3-7(9)10/h4,6H,3H2,1-2H3,(H3,9,10). The van der Waals surface area contributed by atoms with Crippen LogP contribution in [0.1, 0.15) is 19.0 Å². The van der Waals surface area contributed by atoms with E-state index in [0.717, 1.165) is 5.69 Å². The number of nitrogens with zero attached hydrogens (tertiary/aromatic N) is 1. The third-order valence-corrected chi connectivity index (χ3v) is 2.37. The number of oxazole rings is 1. The number of amidine groups is 1. The molecule has 3 N–H and O–H groups in total. The molecule has 0 fully saturated rings.